The molecule has 0 saturated carbocycles. The molecule has 23 heavy (non-hydrogen) atoms. The van der Waals surface area contributed by atoms with Gasteiger partial charge in [0.1, 0.15) is 5.82 Å². The van der Waals surface area contributed by atoms with Crippen LogP contribution in [0.4, 0.5) is 21.5 Å². The van der Waals surface area contributed by atoms with Crippen molar-refractivity contribution < 1.29 is 14.1 Å². The summed E-state index contributed by atoms with van der Waals surface area (Å²) in [5.41, 5.74) is 1.17. The molecule has 2 N–H and O–H groups in total. The molecule has 0 fully saturated rings. The predicted molar refractivity (Wildman–Crippen MR) is 86.0 cm³/mol. The van der Waals surface area contributed by atoms with Gasteiger partial charge in [0.25, 0.3) is 5.69 Å². The molecule has 0 unspecified atom stereocenters. The zero-order valence-electron chi connectivity index (χ0n) is 12.5. The maximum Gasteiger partial charge on any atom is 0.274 e. The Balaban J connectivity index is 2.00. The molecule has 0 atom stereocenters. The molecule has 7 heteroatoms. The number of halogens is 1. The fraction of sp³-hybridized carbons (Fsp3) is 0.188. The van der Waals surface area contributed by atoms with Gasteiger partial charge >= 0.3 is 0 Å². The first-order valence-corrected chi connectivity index (χ1v) is 7.07. The number of aryl methyl sites for hydroxylation is 1. The topological polar surface area (TPSA) is 84.3 Å². The predicted octanol–water partition coefficient (Wildman–Crippen LogP) is 3.35. The molecule has 0 aliphatic heterocycles. The molecule has 0 heterocycles. The van der Waals surface area contributed by atoms with Crippen LogP contribution in [0.15, 0.2) is 42.5 Å². The normalized spacial score (nSPS) is 10.2. The van der Waals surface area contributed by atoms with E-state index in [1.54, 1.807) is 18.2 Å². The molecule has 1 amide bonds. The second-order valence-corrected chi connectivity index (χ2v) is 4.84. The van der Waals surface area contributed by atoms with E-state index in [0.717, 1.165) is 0 Å². The molecule has 0 saturated heterocycles. The molecular weight excluding hydrogens is 301 g/mol. The van der Waals surface area contributed by atoms with E-state index in [-0.39, 0.29) is 17.9 Å². The van der Waals surface area contributed by atoms with Crippen LogP contribution < -0.4 is 10.6 Å². The summed E-state index contributed by atoms with van der Waals surface area (Å²) < 4.78 is 13.4. The SMILES string of the molecule is CCc1ccc(NCC(=O)Nc2ccccc2F)cc1[N+](=O)[O-]. The lowest BCUT2D eigenvalue weighted by Crippen LogP contribution is -2.22. The highest BCUT2D eigenvalue weighted by molar-refractivity contribution is 5.93. The van der Waals surface area contributed by atoms with E-state index in [0.29, 0.717) is 17.7 Å². The lowest BCUT2D eigenvalue weighted by Gasteiger charge is -2.09. The number of benzene rings is 2. The Morgan fingerprint density at radius 3 is 2.65 bits per heavy atom. The van der Waals surface area contributed by atoms with Crippen LogP contribution in [0.2, 0.25) is 0 Å². The lowest BCUT2D eigenvalue weighted by atomic mass is 10.1. The van der Waals surface area contributed by atoms with Crippen LogP contribution in [-0.4, -0.2) is 17.4 Å². The zero-order chi connectivity index (χ0) is 16.8. The number of carbonyl (C=O) groups excluding carboxylic acids is 1. The average molecular weight is 317 g/mol. The molecule has 0 aromatic heterocycles. The Morgan fingerprint density at radius 2 is 2.00 bits per heavy atom. The van der Waals surface area contributed by atoms with Crippen molar-refractivity contribution in [2.45, 2.75) is 13.3 Å². The van der Waals surface area contributed by atoms with Crippen molar-refractivity contribution >= 4 is 23.0 Å². The van der Waals surface area contributed by atoms with Crippen molar-refractivity contribution in [3.05, 3.63) is 64.0 Å². The number of hydrogen-bond donors (Lipinski definition) is 2. The molecule has 0 aliphatic rings. The first-order chi connectivity index (χ1) is 11.0. The number of para-hydroxylation sites is 1. The quantitative estimate of drug-likeness (QED) is 0.632. The highest BCUT2D eigenvalue weighted by atomic mass is 19.1. The fourth-order valence-corrected chi connectivity index (χ4v) is 2.08. The highest BCUT2D eigenvalue weighted by Gasteiger charge is 2.13. The first kappa shape index (κ1) is 16.4. The lowest BCUT2D eigenvalue weighted by molar-refractivity contribution is -0.385. The van der Waals surface area contributed by atoms with E-state index >= 15 is 0 Å². The smallest absolute Gasteiger partial charge is 0.274 e. The van der Waals surface area contributed by atoms with Gasteiger partial charge in [-0.1, -0.05) is 25.1 Å². The van der Waals surface area contributed by atoms with E-state index in [1.807, 2.05) is 6.92 Å². The third-order valence-corrected chi connectivity index (χ3v) is 3.26. The van der Waals surface area contributed by atoms with Crippen LogP contribution >= 0.6 is 0 Å². The first-order valence-electron chi connectivity index (χ1n) is 7.07. The number of carbonyl (C=O) groups is 1. The molecule has 6 nitrogen and oxygen atoms in total. The van der Waals surface area contributed by atoms with Crippen molar-refractivity contribution in [1.82, 2.24) is 0 Å². The monoisotopic (exact) mass is 317 g/mol. The van der Waals surface area contributed by atoms with Gasteiger partial charge < -0.3 is 10.6 Å². The maximum absolute atomic E-state index is 13.4. The number of nitro benzene ring substituents is 1. The van der Waals surface area contributed by atoms with E-state index < -0.39 is 16.6 Å². The van der Waals surface area contributed by atoms with Gasteiger partial charge in [0.05, 0.1) is 17.2 Å². The third kappa shape index (κ3) is 4.26. The van der Waals surface area contributed by atoms with Gasteiger partial charge in [-0.15, -0.1) is 0 Å². The Labute approximate surface area is 132 Å². The van der Waals surface area contributed by atoms with Gasteiger partial charge in [-0.3, -0.25) is 14.9 Å². The number of nitrogens with zero attached hydrogens (tertiary/aromatic N) is 1. The number of anilines is 2. The largest absolute Gasteiger partial charge is 0.376 e. The fourth-order valence-electron chi connectivity index (χ4n) is 2.08. The summed E-state index contributed by atoms with van der Waals surface area (Å²) in [7, 11) is 0. The van der Waals surface area contributed by atoms with E-state index in [2.05, 4.69) is 10.6 Å². The molecule has 0 aliphatic carbocycles. The number of nitro groups is 1. The number of hydrogen-bond acceptors (Lipinski definition) is 4. The van der Waals surface area contributed by atoms with Crippen LogP contribution in [0, 0.1) is 15.9 Å². The summed E-state index contributed by atoms with van der Waals surface area (Å²) in [6.45, 7) is 1.70. The molecule has 0 radical (unpaired) electrons. The highest BCUT2D eigenvalue weighted by Crippen LogP contribution is 2.23. The van der Waals surface area contributed by atoms with E-state index in [9.17, 15) is 19.3 Å². The van der Waals surface area contributed by atoms with Gasteiger partial charge in [0.15, 0.2) is 0 Å². The average Bonchev–Trinajstić information content (AvgIpc) is 2.54. The van der Waals surface area contributed by atoms with Crippen LogP contribution in [-0.2, 0) is 11.2 Å². The summed E-state index contributed by atoms with van der Waals surface area (Å²) in [6, 6.07) is 10.5. The van der Waals surface area contributed by atoms with Crippen molar-refractivity contribution in [3.8, 4) is 0 Å². The van der Waals surface area contributed by atoms with Crippen molar-refractivity contribution in [2.24, 2.45) is 0 Å². The van der Waals surface area contributed by atoms with Crippen molar-refractivity contribution in [2.75, 3.05) is 17.2 Å². The second-order valence-electron chi connectivity index (χ2n) is 4.84. The standard InChI is InChI=1S/C16H16FN3O3/c1-2-11-7-8-12(9-15(11)20(22)23)18-10-16(21)19-14-6-4-3-5-13(14)17/h3-9,18H,2,10H2,1H3,(H,19,21). The summed E-state index contributed by atoms with van der Waals surface area (Å²) in [4.78, 5) is 22.4. The Morgan fingerprint density at radius 1 is 1.26 bits per heavy atom. The van der Waals surface area contributed by atoms with Crippen LogP contribution in [0.3, 0.4) is 0 Å². The van der Waals surface area contributed by atoms with Gasteiger partial charge in [0, 0.05) is 17.3 Å². The summed E-state index contributed by atoms with van der Waals surface area (Å²) in [5.74, 6) is -0.971. The number of amides is 1. The van der Waals surface area contributed by atoms with Gasteiger partial charge in [-0.05, 0) is 24.6 Å². The molecule has 2 rings (SSSR count). The molecule has 2 aromatic carbocycles. The van der Waals surface area contributed by atoms with E-state index in [1.165, 1.54) is 24.3 Å². The third-order valence-electron chi connectivity index (χ3n) is 3.26. The van der Waals surface area contributed by atoms with Crippen LogP contribution in [0.1, 0.15) is 12.5 Å². The Kier molecular flexibility index (Phi) is 5.24. The van der Waals surface area contributed by atoms with Crippen molar-refractivity contribution in [3.63, 3.8) is 0 Å². The second kappa shape index (κ2) is 7.35. The Hall–Kier alpha value is -2.96. The summed E-state index contributed by atoms with van der Waals surface area (Å²) >= 11 is 0. The molecule has 0 spiro atoms. The zero-order valence-corrected chi connectivity index (χ0v) is 12.5. The molecule has 0 bridgehead atoms. The van der Waals surface area contributed by atoms with E-state index in [4.69, 9.17) is 0 Å². The number of rotatable bonds is 6. The summed E-state index contributed by atoms with van der Waals surface area (Å²) in [5, 5.41) is 16.2. The van der Waals surface area contributed by atoms with Gasteiger partial charge in [-0.2, -0.15) is 0 Å². The van der Waals surface area contributed by atoms with Crippen LogP contribution in [0.25, 0.3) is 0 Å². The van der Waals surface area contributed by atoms with Crippen LogP contribution in [0.5, 0.6) is 0 Å². The minimum absolute atomic E-state index is 0.00649. The number of nitrogens with one attached hydrogen (secondary N) is 2. The maximum atomic E-state index is 13.4. The van der Waals surface area contributed by atoms with Gasteiger partial charge in [0.2, 0.25) is 5.91 Å². The van der Waals surface area contributed by atoms with Gasteiger partial charge in [-0.25, -0.2) is 4.39 Å². The molecular formula is C16H16FN3O3. The summed E-state index contributed by atoms with van der Waals surface area (Å²) in [6.07, 6.45) is 0.546. The molecule has 120 valence electrons. The molecule has 2 aromatic rings. The Bertz CT molecular complexity index is 734. The minimum Gasteiger partial charge on any atom is -0.376 e. The minimum atomic E-state index is -0.524. The van der Waals surface area contributed by atoms with Crippen molar-refractivity contribution in [1.29, 1.82) is 0 Å².